The molecule has 2 N–H and O–H groups in total. The molecule has 0 bridgehead atoms. The molecule has 4 heteroatoms. The van der Waals surface area contributed by atoms with Gasteiger partial charge in [-0.05, 0) is 20.3 Å². The third kappa shape index (κ3) is 8.53. The van der Waals surface area contributed by atoms with E-state index in [0.717, 1.165) is 25.5 Å². The van der Waals surface area contributed by atoms with Crippen LogP contribution in [0, 0.1) is 0 Å². The highest BCUT2D eigenvalue weighted by Gasteiger charge is 2.03. The molecule has 0 aliphatic carbocycles. The molecule has 0 heterocycles. The van der Waals surface area contributed by atoms with E-state index >= 15 is 0 Å². The first-order valence-electron chi connectivity index (χ1n) is 6.28. The molecule has 0 aromatic heterocycles. The third-order valence-electron chi connectivity index (χ3n) is 2.18. The second-order valence-electron chi connectivity index (χ2n) is 3.97. The predicted octanol–water partition coefficient (Wildman–Crippen LogP) is 1.77. The van der Waals surface area contributed by atoms with E-state index in [2.05, 4.69) is 36.4 Å². The van der Waals surface area contributed by atoms with Gasteiger partial charge in [-0.3, -0.25) is 4.99 Å². The Hall–Kier alpha value is -0.770. The average Bonchev–Trinajstić information content (AvgIpc) is 2.25. The molecule has 0 aromatic rings. The number of hydrogen-bond acceptors (Lipinski definition) is 2. The van der Waals surface area contributed by atoms with Crippen LogP contribution in [0.5, 0.6) is 0 Å². The second kappa shape index (κ2) is 10.7. The predicted molar refractivity (Wildman–Crippen MR) is 70.0 cm³/mol. The fourth-order valence-corrected chi connectivity index (χ4v) is 1.40. The number of methoxy groups -OCH3 is 1. The second-order valence-corrected chi connectivity index (χ2v) is 3.97. The van der Waals surface area contributed by atoms with Crippen LogP contribution in [0.25, 0.3) is 0 Å². The number of rotatable bonds is 8. The summed E-state index contributed by atoms with van der Waals surface area (Å²) in [4.78, 5) is 4.51. The molecular weight excluding hydrogens is 202 g/mol. The van der Waals surface area contributed by atoms with Gasteiger partial charge in [0, 0.05) is 26.2 Å². The average molecular weight is 229 g/mol. The number of nitrogens with zero attached hydrogens (tertiary/aromatic N) is 1. The number of ether oxygens (including phenoxy) is 1. The Morgan fingerprint density at radius 2 is 2.06 bits per heavy atom. The Morgan fingerprint density at radius 1 is 1.31 bits per heavy atom. The first kappa shape index (κ1) is 15.2. The van der Waals surface area contributed by atoms with Crippen LogP contribution in [0.15, 0.2) is 4.99 Å². The van der Waals surface area contributed by atoms with Gasteiger partial charge in [-0.2, -0.15) is 0 Å². The van der Waals surface area contributed by atoms with Crippen LogP contribution in [0.2, 0.25) is 0 Å². The standard InChI is InChI=1S/C12H27N3O/c1-5-7-8-9-14-12(13-6-2)15-11(3)10-16-4/h11H,5-10H2,1-4H3,(H2,13,14,15). The van der Waals surface area contributed by atoms with Crippen molar-refractivity contribution in [2.24, 2.45) is 4.99 Å². The van der Waals surface area contributed by atoms with Crippen molar-refractivity contribution in [1.29, 1.82) is 0 Å². The lowest BCUT2D eigenvalue weighted by Gasteiger charge is -2.16. The molecule has 0 aliphatic heterocycles. The van der Waals surface area contributed by atoms with Crippen LogP contribution in [0.1, 0.15) is 40.0 Å². The summed E-state index contributed by atoms with van der Waals surface area (Å²) < 4.78 is 5.08. The van der Waals surface area contributed by atoms with Crippen molar-refractivity contribution in [3.05, 3.63) is 0 Å². The largest absolute Gasteiger partial charge is 0.383 e. The van der Waals surface area contributed by atoms with Gasteiger partial charge in [-0.25, -0.2) is 0 Å². The molecule has 0 saturated heterocycles. The van der Waals surface area contributed by atoms with E-state index in [-0.39, 0.29) is 6.04 Å². The van der Waals surface area contributed by atoms with E-state index in [0.29, 0.717) is 6.61 Å². The fraction of sp³-hybridized carbons (Fsp3) is 0.917. The number of unbranched alkanes of at least 4 members (excludes halogenated alkanes) is 2. The molecule has 16 heavy (non-hydrogen) atoms. The molecule has 96 valence electrons. The third-order valence-corrected chi connectivity index (χ3v) is 2.18. The zero-order valence-corrected chi connectivity index (χ0v) is 11.2. The first-order chi connectivity index (χ1) is 7.74. The molecular formula is C12H27N3O. The minimum atomic E-state index is 0.286. The van der Waals surface area contributed by atoms with Crippen molar-refractivity contribution in [2.45, 2.75) is 46.1 Å². The minimum Gasteiger partial charge on any atom is -0.383 e. The van der Waals surface area contributed by atoms with E-state index in [4.69, 9.17) is 4.74 Å². The van der Waals surface area contributed by atoms with Gasteiger partial charge in [-0.15, -0.1) is 0 Å². The highest BCUT2D eigenvalue weighted by molar-refractivity contribution is 5.80. The number of guanidine groups is 1. The zero-order valence-electron chi connectivity index (χ0n) is 11.2. The van der Waals surface area contributed by atoms with Crippen molar-refractivity contribution in [3.8, 4) is 0 Å². The fourth-order valence-electron chi connectivity index (χ4n) is 1.40. The summed E-state index contributed by atoms with van der Waals surface area (Å²) in [6, 6.07) is 0.286. The molecule has 0 rings (SSSR count). The minimum absolute atomic E-state index is 0.286. The van der Waals surface area contributed by atoms with E-state index in [9.17, 15) is 0 Å². The maximum atomic E-state index is 5.08. The maximum absolute atomic E-state index is 5.08. The first-order valence-corrected chi connectivity index (χ1v) is 6.28. The van der Waals surface area contributed by atoms with Crippen molar-refractivity contribution < 1.29 is 4.74 Å². The molecule has 0 saturated carbocycles. The van der Waals surface area contributed by atoms with Crippen LogP contribution in [0.3, 0.4) is 0 Å². The lowest BCUT2D eigenvalue weighted by atomic mass is 10.2. The molecule has 0 fully saturated rings. The van der Waals surface area contributed by atoms with Crippen LogP contribution in [0.4, 0.5) is 0 Å². The van der Waals surface area contributed by atoms with E-state index < -0.39 is 0 Å². The highest BCUT2D eigenvalue weighted by Crippen LogP contribution is 1.93. The SMILES string of the molecule is CCCCCN=C(NCC)NC(C)COC. The summed E-state index contributed by atoms with van der Waals surface area (Å²) in [5.74, 6) is 0.892. The Morgan fingerprint density at radius 3 is 2.62 bits per heavy atom. The van der Waals surface area contributed by atoms with Gasteiger partial charge in [0.15, 0.2) is 5.96 Å². The maximum Gasteiger partial charge on any atom is 0.191 e. The van der Waals surface area contributed by atoms with Crippen LogP contribution in [-0.2, 0) is 4.74 Å². The number of aliphatic imine (C=N–C) groups is 1. The lowest BCUT2D eigenvalue weighted by molar-refractivity contribution is 0.179. The molecule has 0 spiro atoms. The van der Waals surface area contributed by atoms with Crippen LogP contribution in [-0.4, -0.2) is 38.8 Å². The zero-order chi connectivity index (χ0) is 12.2. The summed E-state index contributed by atoms with van der Waals surface area (Å²) in [7, 11) is 1.71. The topological polar surface area (TPSA) is 45.7 Å². The number of hydrogen-bond donors (Lipinski definition) is 2. The lowest BCUT2D eigenvalue weighted by Crippen LogP contribution is -2.44. The van der Waals surface area contributed by atoms with E-state index in [1.807, 2.05) is 0 Å². The van der Waals surface area contributed by atoms with Gasteiger partial charge in [0.2, 0.25) is 0 Å². The van der Waals surface area contributed by atoms with Gasteiger partial charge in [0.25, 0.3) is 0 Å². The van der Waals surface area contributed by atoms with Gasteiger partial charge in [0.1, 0.15) is 0 Å². The summed E-state index contributed by atoms with van der Waals surface area (Å²) in [6.45, 7) is 8.84. The van der Waals surface area contributed by atoms with Crippen LogP contribution >= 0.6 is 0 Å². The smallest absolute Gasteiger partial charge is 0.191 e. The molecule has 1 unspecified atom stereocenters. The van der Waals surface area contributed by atoms with Crippen LogP contribution < -0.4 is 10.6 Å². The highest BCUT2D eigenvalue weighted by atomic mass is 16.5. The summed E-state index contributed by atoms with van der Waals surface area (Å²) >= 11 is 0. The molecule has 0 aliphatic rings. The quantitative estimate of drug-likeness (QED) is 0.379. The van der Waals surface area contributed by atoms with Crippen molar-refractivity contribution >= 4 is 5.96 Å². The Bertz CT molecular complexity index is 183. The Balaban J connectivity index is 3.93. The molecule has 0 amide bonds. The van der Waals surface area contributed by atoms with Crippen molar-refractivity contribution in [2.75, 3.05) is 26.8 Å². The Kier molecular flexibility index (Phi) is 10.2. The van der Waals surface area contributed by atoms with Gasteiger partial charge in [0.05, 0.1) is 6.61 Å². The summed E-state index contributed by atoms with van der Waals surface area (Å²) in [5.41, 5.74) is 0. The van der Waals surface area contributed by atoms with Gasteiger partial charge in [-0.1, -0.05) is 19.8 Å². The van der Waals surface area contributed by atoms with Gasteiger partial charge >= 0.3 is 0 Å². The van der Waals surface area contributed by atoms with Crippen molar-refractivity contribution in [1.82, 2.24) is 10.6 Å². The van der Waals surface area contributed by atoms with Gasteiger partial charge < -0.3 is 15.4 Å². The summed E-state index contributed by atoms with van der Waals surface area (Å²) in [6.07, 6.45) is 3.64. The summed E-state index contributed by atoms with van der Waals surface area (Å²) in [5, 5.41) is 6.54. The molecule has 4 nitrogen and oxygen atoms in total. The molecule has 0 radical (unpaired) electrons. The van der Waals surface area contributed by atoms with Crippen molar-refractivity contribution in [3.63, 3.8) is 0 Å². The molecule has 1 atom stereocenters. The monoisotopic (exact) mass is 229 g/mol. The Labute approximate surface area is 99.9 Å². The van der Waals surface area contributed by atoms with E-state index in [1.54, 1.807) is 7.11 Å². The number of nitrogens with one attached hydrogen (secondary N) is 2. The van der Waals surface area contributed by atoms with E-state index in [1.165, 1.54) is 12.8 Å². The molecule has 0 aromatic carbocycles. The normalized spacial score (nSPS) is 13.6.